The van der Waals surface area contributed by atoms with Crippen molar-refractivity contribution in [1.82, 2.24) is 4.90 Å². The SMILES string of the molecule is O=Cc1cccc(CN(CCO)Cc2ccccc2)c1. The smallest absolute Gasteiger partial charge is 0.150 e. The summed E-state index contributed by atoms with van der Waals surface area (Å²) in [4.78, 5) is 13.0. The Bertz CT molecular complexity index is 540. The second-order valence-electron chi connectivity index (χ2n) is 4.78. The average Bonchev–Trinajstić information content (AvgIpc) is 2.49. The fourth-order valence-electron chi connectivity index (χ4n) is 2.22. The first-order valence-corrected chi connectivity index (χ1v) is 6.73. The van der Waals surface area contributed by atoms with Crippen LogP contribution in [-0.4, -0.2) is 29.4 Å². The van der Waals surface area contributed by atoms with E-state index in [2.05, 4.69) is 17.0 Å². The minimum absolute atomic E-state index is 0.125. The van der Waals surface area contributed by atoms with E-state index in [1.54, 1.807) is 6.07 Å². The van der Waals surface area contributed by atoms with Gasteiger partial charge in [0, 0.05) is 25.2 Å². The summed E-state index contributed by atoms with van der Waals surface area (Å²) in [6, 6.07) is 17.7. The Morgan fingerprint density at radius 2 is 1.65 bits per heavy atom. The fraction of sp³-hybridized carbons (Fsp3) is 0.235. The topological polar surface area (TPSA) is 40.5 Å². The molecule has 0 aliphatic rings. The molecule has 20 heavy (non-hydrogen) atoms. The van der Waals surface area contributed by atoms with Gasteiger partial charge in [-0.25, -0.2) is 0 Å². The van der Waals surface area contributed by atoms with Crippen molar-refractivity contribution in [3.8, 4) is 0 Å². The largest absolute Gasteiger partial charge is 0.395 e. The number of hydrogen-bond acceptors (Lipinski definition) is 3. The monoisotopic (exact) mass is 269 g/mol. The number of benzene rings is 2. The molecule has 0 aromatic heterocycles. The van der Waals surface area contributed by atoms with Crippen molar-refractivity contribution in [2.45, 2.75) is 13.1 Å². The van der Waals surface area contributed by atoms with Crippen molar-refractivity contribution in [3.05, 3.63) is 71.3 Å². The van der Waals surface area contributed by atoms with E-state index in [4.69, 9.17) is 0 Å². The summed E-state index contributed by atoms with van der Waals surface area (Å²) in [5.74, 6) is 0. The van der Waals surface area contributed by atoms with Gasteiger partial charge in [-0.3, -0.25) is 9.69 Å². The maximum Gasteiger partial charge on any atom is 0.150 e. The Labute approximate surface area is 119 Å². The van der Waals surface area contributed by atoms with Gasteiger partial charge in [0.05, 0.1) is 6.61 Å². The molecule has 0 saturated carbocycles. The van der Waals surface area contributed by atoms with E-state index in [0.717, 1.165) is 24.9 Å². The number of aliphatic hydroxyl groups is 1. The second kappa shape index (κ2) is 7.58. The molecule has 0 spiro atoms. The van der Waals surface area contributed by atoms with Crippen LogP contribution in [0.3, 0.4) is 0 Å². The molecule has 0 unspecified atom stereocenters. The van der Waals surface area contributed by atoms with Crippen LogP contribution in [0.5, 0.6) is 0 Å². The molecule has 1 N–H and O–H groups in total. The van der Waals surface area contributed by atoms with Crippen LogP contribution in [0.1, 0.15) is 21.5 Å². The molecule has 2 aromatic rings. The van der Waals surface area contributed by atoms with Crippen LogP contribution in [0.25, 0.3) is 0 Å². The van der Waals surface area contributed by atoms with E-state index in [-0.39, 0.29) is 6.61 Å². The molecule has 104 valence electrons. The Morgan fingerprint density at radius 1 is 0.950 bits per heavy atom. The highest BCUT2D eigenvalue weighted by atomic mass is 16.3. The zero-order valence-corrected chi connectivity index (χ0v) is 11.4. The maximum atomic E-state index is 10.8. The van der Waals surface area contributed by atoms with Crippen molar-refractivity contribution in [2.75, 3.05) is 13.2 Å². The van der Waals surface area contributed by atoms with Crippen molar-refractivity contribution >= 4 is 6.29 Å². The predicted octanol–water partition coefficient (Wildman–Crippen LogP) is 2.49. The number of carbonyl (C=O) groups excluding carboxylic acids is 1. The van der Waals surface area contributed by atoms with Crippen LogP contribution >= 0.6 is 0 Å². The molecular weight excluding hydrogens is 250 g/mol. The van der Waals surface area contributed by atoms with Crippen LogP contribution in [0, 0.1) is 0 Å². The highest BCUT2D eigenvalue weighted by Crippen LogP contribution is 2.11. The van der Waals surface area contributed by atoms with Crippen molar-refractivity contribution < 1.29 is 9.90 Å². The van der Waals surface area contributed by atoms with E-state index >= 15 is 0 Å². The van der Waals surface area contributed by atoms with E-state index in [0.29, 0.717) is 12.1 Å². The first-order chi connectivity index (χ1) is 9.81. The molecule has 3 nitrogen and oxygen atoms in total. The minimum Gasteiger partial charge on any atom is -0.395 e. The molecule has 0 amide bonds. The van der Waals surface area contributed by atoms with Gasteiger partial charge in [-0.15, -0.1) is 0 Å². The third-order valence-corrected chi connectivity index (χ3v) is 3.16. The summed E-state index contributed by atoms with van der Waals surface area (Å²) < 4.78 is 0. The molecule has 3 heteroatoms. The number of hydrogen-bond donors (Lipinski definition) is 1. The van der Waals surface area contributed by atoms with Crippen LogP contribution in [-0.2, 0) is 13.1 Å². The molecule has 0 atom stereocenters. The molecular formula is C17H19NO2. The molecule has 2 aromatic carbocycles. The van der Waals surface area contributed by atoms with Gasteiger partial charge in [-0.1, -0.05) is 48.5 Å². The summed E-state index contributed by atoms with van der Waals surface area (Å²) in [6.07, 6.45) is 0.858. The third kappa shape index (κ3) is 4.30. The summed E-state index contributed by atoms with van der Waals surface area (Å²) in [5, 5.41) is 9.20. The number of carbonyl (C=O) groups is 1. The predicted molar refractivity (Wildman–Crippen MR) is 79.5 cm³/mol. The van der Waals surface area contributed by atoms with Gasteiger partial charge in [-0.05, 0) is 17.2 Å². The van der Waals surface area contributed by atoms with E-state index in [1.165, 1.54) is 5.56 Å². The molecule has 2 rings (SSSR count). The normalized spacial score (nSPS) is 10.7. The molecule has 0 radical (unpaired) electrons. The zero-order valence-electron chi connectivity index (χ0n) is 11.4. The quantitative estimate of drug-likeness (QED) is 0.785. The average molecular weight is 269 g/mol. The van der Waals surface area contributed by atoms with Crippen LogP contribution < -0.4 is 0 Å². The number of aldehydes is 1. The second-order valence-corrected chi connectivity index (χ2v) is 4.78. The van der Waals surface area contributed by atoms with Gasteiger partial charge in [0.1, 0.15) is 6.29 Å². The Balaban J connectivity index is 2.06. The first-order valence-electron chi connectivity index (χ1n) is 6.73. The lowest BCUT2D eigenvalue weighted by Crippen LogP contribution is -2.26. The van der Waals surface area contributed by atoms with Crippen LogP contribution in [0.2, 0.25) is 0 Å². The fourth-order valence-corrected chi connectivity index (χ4v) is 2.22. The van der Waals surface area contributed by atoms with Crippen molar-refractivity contribution in [1.29, 1.82) is 0 Å². The minimum atomic E-state index is 0.125. The standard InChI is InChI=1S/C17H19NO2/c19-10-9-18(12-15-5-2-1-3-6-15)13-16-7-4-8-17(11-16)14-20/h1-8,11,14,19H,9-10,12-13H2. The third-order valence-electron chi connectivity index (χ3n) is 3.16. The van der Waals surface area contributed by atoms with Crippen molar-refractivity contribution in [3.63, 3.8) is 0 Å². The van der Waals surface area contributed by atoms with Gasteiger partial charge in [0.25, 0.3) is 0 Å². The summed E-state index contributed by atoms with van der Waals surface area (Å²) in [7, 11) is 0. The van der Waals surface area contributed by atoms with Crippen LogP contribution in [0.15, 0.2) is 54.6 Å². The van der Waals surface area contributed by atoms with Gasteiger partial charge < -0.3 is 5.11 Å². The van der Waals surface area contributed by atoms with Gasteiger partial charge >= 0.3 is 0 Å². The molecule has 0 aliphatic carbocycles. The molecule has 0 fully saturated rings. The molecule has 0 heterocycles. The highest BCUT2D eigenvalue weighted by molar-refractivity contribution is 5.74. The Hall–Kier alpha value is -1.97. The number of rotatable bonds is 7. The molecule has 0 saturated heterocycles. The molecule has 0 bridgehead atoms. The highest BCUT2D eigenvalue weighted by Gasteiger charge is 2.07. The summed E-state index contributed by atoms with van der Waals surface area (Å²) in [6.45, 7) is 2.24. The number of nitrogens with zero attached hydrogens (tertiary/aromatic N) is 1. The van der Waals surface area contributed by atoms with E-state index < -0.39 is 0 Å². The Morgan fingerprint density at radius 3 is 2.35 bits per heavy atom. The van der Waals surface area contributed by atoms with Gasteiger partial charge in [0.2, 0.25) is 0 Å². The lowest BCUT2D eigenvalue weighted by atomic mass is 10.1. The zero-order chi connectivity index (χ0) is 14.2. The first kappa shape index (κ1) is 14.4. The lowest BCUT2D eigenvalue weighted by Gasteiger charge is -2.21. The Kier molecular flexibility index (Phi) is 5.47. The van der Waals surface area contributed by atoms with Crippen molar-refractivity contribution in [2.24, 2.45) is 0 Å². The van der Waals surface area contributed by atoms with Gasteiger partial charge in [-0.2, -0.15) is 0 Å². The molecule has 0 aliphatic heterocycles. The summed E-state index contributed by atoms with van der Waals surface area (Å²) >= 11 is 0. The maximum absolute atomic E-state index is 10.8. The lowest BCUT2D eigenvalue weighted by molar-refractivity contribution is 0.112. The van der Waals surface area contributed by atoms with E-state index in [1.807, 2.05) is 36.4 Å². The summed E-state index contributed by atoms with van der Waals surface area (Å²) in [5.41, 5.74) is 2.98. The van der Waals surface area contributed by atoms with Crippen LogP contribution in [0.4, 0.5) is 0 Å². The van der Waals surface area contributed by atoms with E-state index in [9.17, 15) is 9.90 Å². The number of aliphatic hydroxyl groups excluding tert-OH is 1. The van der Waals surface area contributed by atoms with Gasteiger partial charge in [0.15, 0.2) is 0 Å².